The first-order valence-corrected chi connectivity index (χ1v) is 6.78. The minimum absolute atomic E-state index is 0.865. The molecule has 1 atom stereocenters. The molecule has 2 heteroatoms. The largest absolute Gasteiger partial charge is 0.304 e. The molecule has 0 aliphatic carbocycles. The lowest BCUT2D eigenvalue weighted by Crippen LogP contribution is -2.41. The van der Waals surface area contributed by atoms with Gasteiger partial charge in [0, 0.05) is 6.04 Å². The maximum atomic E-state index is 2.67. The number of likely N-dealkylation sites (tertiary alicyclic amines) is 1. The zero-order chi connectivity index (χ0) is 11.1. The molecule has 1 heterocycles. The van der Waals surface area contributed by atoms with Gasteiger partial charge in [-0.15, -0.1) is 0 Å². The summed E-state index contributed by atoms with van der Waals surface area (Å²) in [7, 11) is 0. The summed E-state index contributed by atoms with van der Waals surface area (Å²) >= 11 is 0. The van der Waals surface area contributed by atoms with Gasteiger partial charge in [-0.1, -0.05) is 27.2 Å². The van der Waals surface area contributed by atoms with E-state index >= 15 is 0 Å². The van der Waals surface area contributed by atoms with E-state index in [9.17, 15) is 0 Å². The van der Waals surface area contributed by atoms with E-state index in [0.717, 1.165) is 6.04 Å². The molecule has 1 unspecified atom stereocenters. The van der Waals surface area contributed by atoms with Gasteiger partial charge in [-0.2, -0.15) is 0 Å². The molecule has 0 aromatic rings. The maximum absolute atomic E-state index is 2.67. The van der Waals surface area contributed by atoms with Crippen molar-refractivity contribution in [3.8, 4) is 0 Å². The van der Waals surface area contributed by atoms with Crippen LogP contribution in [0.1, 0.15) is 46.5 Å². The van der Waals surface area contributed by atoms with Gasteiger partial charge in [0.15, 0.2) is 0 Å². The van der Waals surface area contributed by atoms with Crippen molar-refractivity contribution in [1.29, 1.82) is 0 Å². The van der Waals surface area contributed by atoms with Crippen LogP contribution >= 0.6 is 0 Å². The second-order valence-electron chi connectivity index (χ2n) is 4.59. The van der Waals surface area contributed by atoms with E-state index in [2.05, 4.69) is 30.6 Å². The number of nitrogens with zero attached hydrogens (tertiary/aromatic N) is 2. The Morgan fingerprint density at radius 2 is 1.87 bits per heavy atom. The van der Waals surface area contributed by atoms with Gasteiger partial charge < -0.3 is 9.80 Å². The van der Waals surface area contributed by atoms with Gasteiger partial charge in [0.2, 0.25) is 0 Å². The second-order valence-corrected chi connectivity index (χ2v) is 4.59. The normalized spacial score (nSPS) is 23.6. The van der Waals surface area contributed by atoms with E-state index in [0.29, 0.717) is 0 Å². The SMILES string of the molecule is CCN(CC)CCC1CCCCN1CC. The van der Waals surface area contributed by atoms with E-state index in [-0.39, 0.29) is 0 Å². The molecule has 90 valence electrons. The molecular weight excluding hydrogens is 184 g/mol. The molecule has 0 N–H and O–H groups in total. The van der Waals surface area contributed by atoms with Crippen molar-refractivity contribution in [2.75, 3.05) is 32.7 Å². The summed E-state index contributed by atoms with van der Waals surface area (Å²) in [6, 6.07) is 0.865. The highest BCUT2D eigenvalue weighted by molar-refractivity contribution is 4.76. The summed E-state index contributed by atoms with van der Waals surface area (Å²) in [6.45, 7) is 13.1. The summed E-state index contributed by atoms with van der Waals surface area (Å²) in [4.78, 5) is 5.22. The minimum atomic E-state index is 0.865. The molecule has 0 bridgehead atoms. The van der Waals surface area contributed by atoms with E-state index in [4.69, 9.17) is 0 Å². The quantitative estimate of drug-likeness (QED) is 0.668. The van der Waals surface area contributed by atoms with Crippen LogP contribution in [0.3, 0.4) is 0 Å². The van der Waals surface area contributed by atoms with Crippen LogP contribution in [-0.2, 0) is 0 Å². The van der Waals surface area contributed by atoms with Gasteiger partial charge in [0.1, 0.15) is 0 Å². The Hall–Kier alpha value is -0.0800. The lowest BCUT2D eigenvalue weighted by Gasteiger charge is -2.36. The molecule has 0 amide bonds. The van der Waals surface area contributed by atoms with Crippen molar-refractivity contribution in [1.82, 2.24) is 9.80 Å². The highest BCUT2D eigenvalue weighted by atomic mass is 15.2. The minimum Gasteiger partial charge on any atom is -0.304 e. The molecule has 1 saturated heterocycles. The Kier molecular flexibility index (Phi) is 6.26. The smallest absolute Gasteiger partial charge is 0.0107 e. The fraction of sp³-hybridized carbons (Fsp3) is 1.00. The summed E-state index contributed by atoms with van der Waals surface area (Å²) in [5, 5.41) is 0. The van der Waals surface area contributed by atoms with Crippen LogP contribution in [0.5, 0.6) is 0 Å². The van der Waals surface area contributed by atoms with E-state index < -0.39 is 0 Å². The molecular formula is C13H28N2. The average molecular weight is 212 g/mol. The Labute approximate surface area is 95.6 Å². The van der Waals surface area contributed by atoms with Gasteiger partial charge in [0.25, 0.3) is 0 Å². The lowest BCUT2D eigenvalue weighted by atomic mass is 9.99. The van der Waals surface area contributed by atoms with Gasteiger partial charge in [-0.25, -0.2) is 0 Å². The third kappa shape index (κ3) is 4.12. The highest BCUT2D eigenvalue weighted by Gasteiger charge is 2.20. The van der Waals surface area contributed by atoms with Crippen molar-refractivity contribution in [3.63, 3.8) is 0 Å². The van der Waals surface area contributed by atoms with Crippen molar-refractivity contribution < 1.29 is 0 Å². The predicted molar refractivity (Wildman–Crippen MR) is 67.3 cm³/mol. The molecule has 0 spiro atoms. The van der Waals surface area contributed by atoms with Crippen LogP contribution in [0, 0.1) is 0 Å². The predicted octanol–water partition coefficient (Wildman–Crippen LogP) is 2.59. The Morgan fingerprint density at radius 1 is 1.13 bits per heavy atom. The van der Waals surface area contributed by atoms with Crippen LogP contribution in [0.4, 0.5) is 0 Å². The van der Waals surface area contributed by atoms with Crippen LogP contribution in [0.25, 0.3) is 0 Å². The Balaban J connectivity index is 2.28. The number of hydrogen-bond donors (Lipinski definition) is 0. The Bertz CT molecular complexity index is 155. The van der Waals surface area contributed by atoms with E-state index in [1.807, 2.05) is 0 Å². The number of piperidine rings is 1. The fourth-order valence-corrected chi connectivity index (χ4v) is 2.67. The van der Waals surface area contributed by atoms with Gasteiger partial charge >= 0.3 is 0 Å². The number of hydrogen-bond acceptors (Lipinski definition) is 2. The van der Waals surface area contributed by atoms with E-state index in [1.54, 1.807) is 0 Å². The highest BCUT2D eigenvalue weighted by Crippen LogP contribution is 2.19. The van der Waals surface area contributed by atoms with Crippen LogP contribution in [0.15, 0.2) is 0 Å². The summed E-state index contributed by atoms with van der Waals surface area (Å²) in [6.07, 6.45) is 5.65. The first-order chi connectivity index (χ1) is 7.31. The maximum Gasteiger partial charge on any atom is 0.0107 e. The summed E-state index contributed by atoms with van der Waals surface area (Å²) in [5.74, 6) is 0. The zero-order valence-corrected chi connectivity index (χ0v) is 10.8. The second kappa shape index (κ2) is 7.24. The van der Waals surface area contributed by atoms with E-state index in [1.165, 1.54) is 58.4 Å². The summed E-state index contributed by atoms with van der Waals surface area (Å²) < 4.78 is 0. The molecule has 0 radical (unpaired) electrons. The fourth-order valence-electron chi connectivity index (χ4n) is 2.67. The molecule has 1 fully saturated rings. The first-order valence-electron chi connectivity index (χ1n) is 6.78. The molecule has 0 saturated carbocycles. The first kappa shape index (κ1) is 13.0. The van der Waals surface area contributed by atoms with Crippen LogP contribution in [-0.4, -0.2) is 48.6 Å². The Morgan fingerprint density at radius 3 is 2.47 bits per heavy atom. The van der Waals surface area contributed by atoms with Crippen molar-refractivity contribution in [2.24, 2.45) is 0 Å². The third-order valence-electron chi connectivity index (χ3n) is 3.83. The van der Waals surface area contributed by atoms with Crippen molar-refractivity contribution in [3.05, 3.63) is 0 Å². The standard InChI is InChI=1S/C13H28N2/c1-4-14(5-2)12-10-13-9-7-8-11-15(13)6-3/h13H,4-12H2,1-3H3. The van der Waals surface area contributed by atoms with Gasteiger partial charge in [-0.3, -0.25) is 0 Å². The lowest BCUT2D eigenvalue weighted by molar-refractivity contribution is 0.133. The van der Waals surface area contributed by atoms with Gasteiger partial charge in [0.05, 0.1) is 0 Å². The topological polar surface area (TPSA) is 6.48 Å². The number of rotatable bonds is 6. The van der Waals surface area contributed by atoms with Gasteiger partial charge in [-0.05, 0) is 52.0 Å². The molecule has 15 heavy (non-hydrogen) atoms. The average Bonchev–Trinajstić information content (AvgIpc) is 2.31. The van der Waals surface area contributed by atoms with Crippen LogP contribution < -0.4 is 0 Å². The van der Waals surface area contributed by atoms with Crippen molar-refractivity contribution >= 4 is 0 Å². The van der Waals surface area contributed by atoms with Crippen LogP contribution in [0.2, 0.25) is 0 Å². The third-order valence-corrected chi connectivity index (χ3v) is 3.83. The molecule has 0 aromatic heterocycles. The molecule has 1 aliphatic heterocycles. The van der Waals surface area contributed by atoms with Crippen molar-refractivity contribution in [2.45, 2.75) is 52.5 Å². The zero-order valence-electron chi connectivity index (χ0n) is 10.8. The molecule has 2 nitrogen and oxygen atoms in total. The monoisotopic (exact) mass is 212 g/mol. The summed E-state index contributed by atoms with van der Waals surface area (Å²) in [5.41, 5.74) is 0. The molecule has 0 aromatic carbocycles. The molecule has 1 aliphatic rings. The molecule has 1 rings (SSSR count).